The van der Waals surface area contributed by atoms with Crippen LogP contribution in [0.5, 0.6) is 0 Å². The first kappa shape index (κ1) is 12.0. The summed E-state index contributed by atoms with van der Waals surface area (Å²) >= 11 is 2.24. The molecule has 17 heavy (non-hydrogen) atoms. The Balaban J connectivity index is 2.19. The Bertz CT molecular complexity index is 538. The van der Waals surface area contributed by atoms with E-state index < -0.39 is 0 Å². The summed E-state index contributed by atoms with van der Waals surface area (Å²) in [5.74, 6) is 0.383. The van der Waals surface area contributed by atoms with E-state index in [1.165, 1.54) is 0 Å². The summed E-state index contributed by atoms with van der Waals surface area (Å²) in [5.41, 5.74) is 2.71. The number of aryl methyl sites for hydroxylation is 1. The van der Waals surface area contributed by atoms with Crippen molar-refractivity contribution in [2.75, 3.05) is 5.32 Å². The summed E-state index contributed by atoms with van der Waals surface area (Å²) in [7, 11) is 0. The number of rotatable bonds is 2. The van der Waals surface area contributed by atoms with Gasteiger partial charge in [-0.1, -0.05) is 30.3 Å². The van der Waals surface area contributed by atoms with Crippen molar-refractivity contribution in [3.63, 3.8) is 0 Å². The molecule has 0 fully saturated rings. The predicted molar refractivity (Wildman–Crippen MR) is 78.6 cm³/mol. The molecule has 0 atom stereocenters. The molecule has 0 aliphatic rings. The Hall–Kier alpha value is -1.43. The van der Waals surface area contributed by atoms with Crippen LogP contribution >= 0.6 is 22.6 Å². The van der Waals surface area contributed by atoms with Crippen molar-refractivity contribution in [2.24, 2.45) is 0 Å². The second-order valence-electron chi connectivity index (χ2n) is 3.67. The minimum Gasteiger partial charge on any atom is -0.338 e. The molecule has 2 N–H and O–H groups in total. The van der Waals surface area contributed by atoms with Crippen LogP contribution < -0.4 is 5.32 Å². The predicted octanol–water partition coefficient (Wildman–Crippen LogP) is 3.43. The summed E-state index contributed by atoms with van der Waals surface area (Å²) < 4.78 is 1.07. The van der Waals surface area contributed by atoms with Crippen molar-refractivity contribution in [2.45, 2.75) is 6.92 Å². The fourth-order valence-electron chi connectivity index (χ4n) is 1.43. The monoisotopic (exact) mass is 337 g/mol. The van der Waals surface area contributed by atoms with Gasteiger partial charge in [-0.05, 0) is 35.6 Å². The number of nitrogens with zero attached hydrogens (tertiary/aromatic N) is 1. The van der Waals surface area contributed by atoms with Gasteiger partial charge in [0.05, 0.1) is 11.9 Å². The van der Waals surface area contributed by atoms with Gasteiger partial charge in [0.15, 0.2) is 0 Å². The second kappa shape index (κ2) is 5.27. The highest BCUT2D eigenvalue weighted by atomic mass is 127. The molecule has 0 spiro atoms. The topological polar surface area (TPSA) is 48.8 Å². The van der Waals surface area contributed by atoms with E-state index in [-0.39, 0.29) is 0 Å². The maximum absolute atomic E-state index is 7.98. The molecule has 0 saturated heterocycles. The highest BCUT2D eigenvalue weighted by molar-refractivity contribution is 14.1. The van der Waals surface area contributed by atoms with E-state index in [0.717, 1.165) is 20.5 Å². The van der Waals surface area contributed by atoms with E-state index >= 15 is 0 Å². The first-order valence-electron chi connectivity index (χ1n) is 5.20. The third kappa shape index (κ3) is 3.03. The number of halogens is 1. The standard InChI is InChI=1S/C13H12IN3/c1-9-7-11(14)12(8-16-9)17-13(15)10-5-3-2-4-6-10/h2-8H,1H3,(H2,15,17). The van der Waals surface area contributed by atoms with Crippen LogP contribution in [-0.2, 0) is 0 Å². The van der Waals surface area contributed by atoms with Crippen molar-refractivity contribution in [1.29, 1.82) is 5.41 Å². The summed E-state index contributed by atoms with van der Waals surface area (Å²) in [6.07, 6.45) is 1.76. The maximum atomic E-state index is 7.98. The molecular formula is C13H12IN3. The second-order valence-corrected chi connectivity index (χ2v) is 4.83. The van der Waals surface area contributed by atoms with E-state index in [4.69, 9.17) is 5.41 Å². The molecule has 86 valence electrons. The van der Waals surface area contributed by atoms with Gasteiger partial charge in [0.1, 0.15) is 5.84 Å². The molecule has 3 nitrogen and oxygen atoms in total. The largest absolute Gasteiger partial charge is 0.338 e. The molecule has 1 aromatic heterocycles. The fraction of sp³-hybridized carbons (Fsp3) is 0.0769. The lowest BCUT2D eigenvalue weighted by Gasteiger charge is -2.09. The number of pyridine rings is 1. The van der Waals surface area contributed by atoms with E-state index in [1.807, 2.05) is 43.3 Å². The van der Waals surface area contributed by atoms with Gasteiger partial charge in [-0.15, -0.1) is 0 Å². The van der Waals surface area contributed by atoms with Gasteiger partial charge < -0.3 is 5.32 Å². The molecule has 0 aliphatic heterocycles. The van der Waals surface area contributed by atoms with E-state index in [2.05, 4.69) is 32.9 Å². The smallest absolute Gasteiger partial charge is 0.129 e. The number of hydrogen-bond donors (Lipinski definition) is 2. The van der Waals surface area contributed by atoms with E-state index in [0.29, 0.717) is 5.84 Å². The van der Waals surface area contributed by atoms with Crippen LogP contribution in [0.25, 0.3) is 0 Å². The zero-order valence-corrected chi connectivity index (χ0v) is 11.5. The average Bonchev–Trinajstić information content (AvgIpc) is 2.34. The molecule has 2 aromatic rings. The van der Waals surface area contributed by atoms with Crippen molar-refractivity contribution in [3.05, 3.63) is 57.4 Å². The summed E-state index contributed by atoms with van der Waals surface area (Å²) in [6.45, 7) is 1.95. The van der Waals surface area contributed by atoms with Gasteiger partial charge >= 0.3 is 0 Å². The Morgan fingerprint density at radius 3 is 2.65 bits per heavy atom. The fourth-order valence-corrected chi connectivity index (χ4v) is 2.15. The lowest BCUT2D eigenvalue weighted by atomic mass is 10.2. The zero-order chi connectivity index (χ0) is 12.3. The molecule has 0 aliphatic carbocycles. The number of nitrogens with one attached hydrogen (secondary N) is 2. The quantitative estimate of drug-likeness (QED) is 0.501. The van der Waals surface area contributed by atoms with Crippen molar-refractivity contribution >= 4 is 34.1 Å². The van der Waals surface area contributed by atoms with Crippen LogP contribution in [0.2, 0.25) is 0 Å². The van der Waals surface area contributed by atoms with Crippen LogP contribution in [0.15, 0.2) is 42.6 Å². The molecular weight excluding hydrogens is 325 g/mol. The maximum Gasteiger partial charge on any atom is 0.129 e. The van der Waals surface area contributed by atoms with Crippen molar-refractivity contribution < 1.29 is 0 Å². The first-order valence-corrected chi connectivity index (χ1v) is 6.28. The molecule has 2 rings (SSSR count). The number of anilines is 1. The Kier molecular flexibility index (Phi) is 3.73. The Morgan fingerprint density at radius 1 is 1.29 bits per heavy atom. The van der Waals surface area contributed by atoms with E-state index in [1.54, 1.807) is 6.20 Å². The zero-order valence-electron chi connectivity index (χ0n) is 9.37. The lowest BCUT2D eigenvalue weighted by molar-refractivity contribution is 1.19. The Morgan fingerprint density at radius 2 is 2.00 bits per heavy atom. The highest BCUT2D eigenvalue weighted by Crippen LogP contribution is 2.18. The summed E-state index contributed by atoms with van der Waals surface area (Å²) in [4.78, 5) is 4.22. The van der Waals surface area contributed by atoms with Crippen molar-refractivity contribution in [1.82, 2.24) is 4.98 Å². The number of benzene rings is 1. The molecule has 4 heteroatoms. The highest BCUT2D eigenvalue weighted by Gasteiger charge is 2.04. The molecule has 1 aromatic carbocycles. The van der Waals surface area contributed by atoms with Gasteiger partial charge in [-0.3, -0.25) is 10.4 Å². The van der Waals surface area contributed by atoms with Gasteiger partial charge in [0.25, 0.3) is 0 Å². The molecule has 0 saturated carbocycles. The SMILES string of the molecule is Cc1cc(I)c(NC(=N)c2ccccc2)cn1. The van der Waals surface area contributed by atoms with Crippen LogP contribution in [0.3, 0.4) is 0 Å². The van der Waals surface area contributed by atoms with Crippen LogP contribution in [0.4, 0.5) is 5.69 Å². The molecule has 1 heterocycles. The van der Waals surface area contributed by atoms with Gasteiger partial charge in [-0.25, -0.2) is 0 Å². The van der Waals surface area contributed by atoms with Gasteiger partial charge in [0, 0.05) is 14.8 Å². The van der Waals surface area contributed by atoms with Gasteiger partial charge in [-0.2, -0.15) is 0 Å². The number of amidine groups is 1. The lowest BCUT2D eigenvalue weighted by Crippen LogP contribution is -2.13. The average molecular weight is 337 g/mol. The third-order valence-corrected chi connectivity index (χ3v) is 3.20. The normalized spacial score (nSPS) is 10.0. The minimum atomic E-state index is 0.383. The molecule has 0 bridgehead atoms. The van der Waals surface area contributed by atoms with Crippen molar-refractivity contribution in [3.8, 4) is 0 Å². The van der Waals surface area contributed by atoms with Gasteiger partial charge in [0.2, 0.25) is 0 Å². The first-order chi connectivity index (χ1) is 8.16. The van der Waals surface area contributed by atoms with Crippen LogP contribution in [-0.4, -0.2) is 10.8 Å². The molecule has 0 amide bonds. The Labute approximate surface area is 114 Å². The number of hydrogen-bond acceptors (Lipinski definition) is 2. The molecule has 0 radical (unpaired) electrons. The van der Waals surface area contributed by atoms with Crippen LogP contribution in [0.1, 0.15) is 11.3 Å². The summed E-state index contributed by atoms with van der Waals surface area (Å²) in [6, 6.07) is 11.6. The number of aromatic nitrogens is 1. The van der Waals surface area contributed by atoms with Crippen LogP contribution in [0, 0.1) is 15.9 Å². The molecule has 0 unspecified atom stereocenters. The summed E-state index contributed by atoms with van der Waals surface area (Å²) in [5, 5.41) is 11.0. The van der Waals surface area contributed by atoms with E-state index in [9.17, 15) is 0 Å². The minimum absolute atomic E-state index is 0.383. The third-order valence-electron chi connectivity index (χ3n) is 2.31.